The Morgan fingerprint density at radius 1 is 1.56 bits per heavy atom. The molecule has 0 aliphatic carbocycles. The van der Waals surface area contributed by atoms with Gasteiger partial charge in [-0.15, -0.1) is 12.4 Å². The van der Waals surface area contributed by atoms with Crippen LogP contribution in [-0.2, 0) is 0 Å². The molecule has 0 bridgehead atoms. The lowest BCUT2D eigenvalue weighted by molar-refractivity contribution is 0.0698. The Kier molecular flexibility index (Phi) is 5.11. The fourth-order valence-corrected chi connectivity index (χ4v) is 2.21. The lowest BCUT2D eigenvalue weighted by atomic mass is 10.1. The molecule has 1 aromatic heterocycles. The second kappa shape index (κ2) is 6.12. The van der Waals surface area contributed by atoms with E-state index in [0.717, 1.165) is 37.7 Å². The lowest BCUT2D eigenvalue weighted by Crippen LogP contribution is -2.44. The summed E-state index contributed by atoms with van der Waals surface area (Å²) in [6, 6.07) is 0.334. The van der Waals surface area contributed by atoms with Gasteiger partial charge in [-0.25, -0.2) is 0 Å². The fraction of sp³-hybridized carbons (Fsp3) is 0.667. The van der Waals surface area contributed by atoms with Crippen molar-refractivity contribution in [2.45, 2.75) is 18.9 Å². The van der Waals surface area contributed by atoms with Crippen molar-refractivity contribution < 1.29 is 4.79 Å². The molecule has 90 valence electrons. The zero-order chi connectivity index (χ0) is 10.7. The minimum absolute atomic E-state index is 0. The summed E-state index contributed by atoms with van der Waals surface area (Å²) in [7, 11) is 1.84. The Morgan fingerprint density at radius 3 is 2.81 bits per heavy atom. The van der Waals surface area contributed by atoms with Crippen molar-refractivity contribution in [1.82, 2.24) is 19.0 Å². The first kappa shape index (κ1) is 13.3. The molecule has 7 heteroatoms. The van der Waals surface area contributed by atoms with Crippen LogP contribution in [0.1, 0.15) is 23.3 Å². The predicted octanol–water partition coefficient (Wildman–Crippen LogP) is 0.784. The molecule has 2 rings (SSSR count). The molecule has 0 unspecified atom stereocenters. The van der Waals surface area contributed by atoms with E-state index in [0.29, 0.717) is 11.7 Å². The summed E-state index contributed by atoms with van der Waals surface area (Å²) in [5, 5.41) is 3.28. The van der Waals surface area contributed by atoms with E-state index in [1.165, 1.54) is 6.20 Å². The van der Waals surface area contributed by atoms with Crippen LogP contribution in [0.15, 0.2) is 6.20 Å². The SMILES string of the molecule is CN(C(=O)c1cnsn1)C1CCNCC1.Cl. The Balaban J connectivity index is 0.00000128. The molecule has 0 spiro atoms. The third-order valence-corrected chi connectivity index (χ3v) is 3.24. The van der Waals surface area contributed by atoms with Crippen LogP contribution in [0.2, 0.25) is 0 Å². The van der Waals surface area contributed by atoms with Crippen LogP contribution in [0.4, 0.5) is 0 Å². The maximum Gasteiger partial charge on any atom is 0.275 e. The highest BCUT2D eigenvalue weighted by atomic mass is 35.5. The van der Waals surface area contributed by atoms with Crippen LogP contribution in [-0.4, -0.2) is 45.7 Å². The molecule has 16 heavy (non-hydrogen) atoms. The van der Waals surface area contributed by atoms with Crippen LogP contribution in [0.25, 0.3) is 0 Å². The number of amides is 1. The van der Waals surface area contributed by atoms with Crippen molar-refractivity contribution in [3.63, 3.8) is 0 Å². The predicted molar refractivity (Wildman–Crippen MR) is 65.1 cm³/mol. The number of carbonyl (C=O) groups is 1. The van der Waals surface area contributed by atoms with Gasteiger partial charge in [0.15, 0.2) is 5.69 Å². The molecule has 1 aliphatic heterocycles. The van der Waals surface area contributed by atoms with Crippen molar-refractivity contribution in [3.05, 3.63) is 11.9 Å². The normalized spacial score (nSPS) is 16.6. The molecule has 1 fully saturated rings. The van der Waals surface area contributed by atoms with Gasteiger partial charge in [0.1, 0.15) is 0 Å². The van der Waals surface area contributed by atoms with Gasteiger partial charge in [0.2, 0.25) is 0 Å². The Hall–Kier alpha value is -0.720. The lowest BCUT2D eigenvalue weighted by Gasteiger charge is -2.31. The van der Waals surface area contributed by atoms with Gasteiger partial charge in [0.05, 0.1) is 17.9 Å². The first-order valence-electron chi connectivity index (χ1n) is 5.04. The summed E-state index contributed by atoms with van der Waals surface area (Å²) in [6.45, 7) is 1.97. The second-order valence-electron chi connectivity index (χ2n) is 3.69. The summed E-state index contributed by atoms with van der Waals surface area (Å²) in [4.78, 5) is 13.7. The van der Waals surface area contributed by atoms with E-state index < -0.39 is 0 Å². The maximum atomic E-state index is 11.9. The molecule has 0 aromatic carbocycles. The molecule has 2 heterocycles. The molecule has 1 N–H and O–H groups in total. The van der Waals surface area contributed by atoms with E-state index in [1.54, 1.807) is 4.90 Å². The van der Waals surface area contributed by atoms with Crippen LogP contribution >= 0.6 is 24.1 Å². The van der Waals surface area contributed by atoms with Crippen LogP contribution < -0.4 is 5.32 Å². The monoisotopic (exact) mass is 262 g/mol. The van der Waals surface area contributed by atoms with Crippen LogP contribution in [0, 0.1) is 0 Å². The molecule has 1 saturated heterocycles. The second-order valence-corrected chi connectivity index (χ2v) is 4.25. The van der Waals surface area contributed by atoms with Gasteiger partial charge in [-0.3, -0.25) is 4.79 Å². The molecule has 0 radical (unpaired) electrons. The molecule has 0 atom stereocenters. The number of carbonyl (C=O) groups excluding carboxylic acids is 1. The van der Waals surface area contributed by atoms with Gasteiger partial charge in [0, 0.05) is 13.1 Å². The first-order valence-corrected chi connectivity index (χ1v) is 5.77. The third kappa shape index (κ3) is 2.90. The van der Waals surface area contributed by atoms with Crippen molar-refractivity contribution >= 4 is 30.0 Å². The smallest absolute Gasteiger partial charge is 0.275 e. The standard InChI is InChI=1S/C9H14N4OS.ClH/c1-13(7-2-4-10-5-3-7)9(14)8-6-11-15-12-8;/h6-7,10H,2-5H2,1H3;1H. The minimum Gasteiger partial charge on any atom is -0.337 e. The number of nitrogens with one attached hydrogen (secondary N) is 1. The van der Waals surface area contributed by atoms with E-state index in [1.807, 2.05) is 7.05 Å². The van der Waals surface area contributed by atoms with Crippen LogP contribution in [0.5, 0.6) is 0 Å². The number of hydrogen-bond donors (Lipinski definition) is 1. The van der Waals surface area contributed by atoms with Crippen molar-refractivity contribution in [3.8, 4) is 0 Å². The van der Waals surface area contributed by atoms with Crippen molar-refractivity contribution in [2.24, 2.45) is 0 Å². The Morgan fingerprint density at radius 2 is 2.25 bits per heavy atom. The highest BCUT2D eigenvalue weighted by Crippen LogP contribution is 2.12. The fourth-order valence-electron chi connectivity index (χ4n) is 1.80. The van der Waals surface area contributed by atoms with E-state index >= 15 is 0 Å². The number of halogens is 1. The van der Waals surface area contributed by atoms with E-state index in [4.69, 9.17) is 0 Å². The molecule has 0 saturated carbocycles. The van der Waals surface area contributed by atoms with E-state index in [2.05, 4.69) is 14.1 Å². The summed E-state index contributed by atoms with van der Waals surface area (Å²) < 4.78 is 7.80. The largest absolute Gasteiger partial charge is 0.337 e. The van der Waals surface area contributed by atoms with Gasteiger partial charge < -0.3 is 10.2 Å². The highest BCUT2D eigenvalue weighted by Gasteiger charge is 2.23. The summed E-state index contributed by atoms with van der Waals surface area (Å²) in [5.74, 6) is -0.0179. The number of hydrogen-bond acceptors (Lipinski definition) is 5. The minimum atomic E-state index is -0.0179. The summed E-state index contributed by atoms with van der Waals surface area (Å²) >= 11 is 1.07. The topological polar surface area (TPSA) is 58.1 Å². The molecular weight excluding hydrogens is 248 g/mol. The zero-order valence-corrected chi connectivity index (χ0v) is 10.7. The molecule has 5 nitrogen and oxygen atoms in total. The van der Waals surface area contributed by atoms with Gasteiger partial charge in [-0.05, 0) is 25.9 Å². The molecular formula is C9H15ClN4OS. The highest BCUT2D eigenvalue weighted by molar-refractivity contribution is 6.99. The molecule has 1 aromatic rings. The average Bonchev–Trinajstić information content (AvgIpc) is 2.82. The zero-order valence-electron chi connectivity index (χ0n) is 9.05. The van der Waals surface area contributed by atoms with Gasteiger partial charge in [0.25, 0.3) is 5.91 Å². The van der Waals surface area contributed by atoms with Crippen molar-refractivity contribution in [1.29, 1.82) is 0 Å². The molecule has 1 aliphatic rings. The number of aromatic nitrogens is 2. The Labute approximate surface area is 105 Å². The summed E-state index contributed by atoms with van der Waals surface area (Å²) in [5.41, 5.74) is 0.459. The van der Waals surface area contributed by atoms with Gasteiger partial charge in [-0.2, -0.15) is 8.75 Å². The van der Waals surface area contributed by atoms with Crippen molar-refractivity contribution in [2.75, 3.05) is 20.1 Å². The number of rotatable bonds is 2. The third-order valence-electron chi connectivity index (χ3n) is 2.76. The number of nitrogens with zero attached hydrogens (tertiary/aromatic N) is 3. The molecule has 1 amide bonds. The van der Waals surface area contributed by atoms with Gasteiger partial charge >= 0.3 is 0 Å². The maximum absolute atomic E-state index is 11.9. The van der Waals surface area contributed by atoms with Crippen LogP contribution in [0.3, 0.4) is 0 Å². The van der Waals surface area contributed by atoms with Gasteiger partial charge in [-0.1, -0.05) is 0 Å². The quantitative estimate of drug-likeness (QED) is 0.856. The summed E-state index contributed by atoms with van der Waals surface area (Å²) in [6.07, 6.45) is 3.56. The average molecular weight is 263 g/mol. The number of piperidine rings is 1. The first-order chi connectivity index (χ1) is 7.29. The Bertz CT molecular complexity index is 326. The van der Waals surface area contributed by atoms with E-state index in [9.17, 15) is 4.79 Å². The van der Waals surface area contributed by atoms with E-state index in [-0.39, 0.29) is 18.3 Å².